The molecule has 2 nitrogen and oxygen atoms in total. The van der Waals surface area contributed by atoms with E-state index >= 15 is 0 Å². The van der Waals surface area contributed by atoms with E-state index < -0.39 is 0 Å². The normalized spacial score (nSPS) is 10.4. The Morgan fingerprint density at radius 3 is 2.25 bits per heavy atom. The Balaban J connectivity index is 2.44. The maximum atomic E-state index is 4.67. The first-order valence-electron chi connectivity index (χ1n) is 5.75. The highest BCUT2D eigenvalue weighted by Crippen LogP contribution is 2.17. The Labute approximate surface area is 96.4 Å². The van der Waals surface area contributed by atoms with E-state index in [0.29, 0.717) is 0 Å². The number of hydrogen-bond acceptors (Lipinski definition) is 2. The van der Waals surface area contributed by atoms with Gasteiger partial charge in [-0.2, -0.15) is 0 Å². The Morgan fingerprint density at radius 1 is 0.938 bits per heavy atom. The molecule has 2 rings (SSSR count). The number of aromatic nitrogens is 2. The van der Waals surface area contributed by atoms with Gasteiger partial charge in [-0.05, 0) is 12.8 Å². The van der Waals surface area contributed by atoms with E-state index in [1.54, 1.807) is 0 Å². The van der Waals surface area contributed by atoms with Crippen molar-refractivity contribution in [3.05, 3.63) is 47.9 Å². The van der Waals surface area contributed by atoms with Gasteiger partial charge in [0.2, 0.25) is 0 Å². The third-order valence-electron chi connectivity index (χ3n) is 2.67. The van der Waals surface area contributed by atoms with E-state index in [2.05, 4.69) is 35.9 Å². The summed E-state index contributed by atoms with van der Waals surface area (Å²) in [5.41, 5.74) is 4.33. The summed E-state index contributed by atoms with van der Waals surface area (Å²) in [6.45, 7) is 4.24. The highest BCUT2D eigenvalue weighted by molar-refractivity contribution is 5.57. The van der Waals surface area contributed by atoms with Crippen LogP contribution >= 0.6 is 0 Å². The van der Waals surface area contributed by atoms with E-state index in [4.69, 9.17) is 0 Å². The van der Waals surface area contributed by atoms with Crippen LogP contribution in [-0.2, 0) is 12.8 Å². The zero-order valence-corrected chi connectivity index (χ0v) is 9.77. The van der Waals surface area contributed by atoms with Crippen LogP contribution in [0.3, 0.4) is 0 Å². The van der Waals surface area contributed by atoms with Crippen molar-refractivity contribution in [2.45, 2.75) is 26.7 Å². The summed E-state index contributed by atoms with van der Waals surface area (Å²) in [4.78, 5) is 9.15. The van der Waals surface area contributed by atoms with Gasteiger partial charge in [-0.1, -0.05) is 44.2 Å². The van der Waals surface area contributed by atoms with Crippen LogP contribution in [0.1, 0.15) is 25.2 Å². The molecular formula is C14H16N2. The summed E-state index contributed by atoms with van der Waals surface area (Å²) in [6, 6.07) is 10.2. The van der Waals surface area contributed by atoms with Crippen LogP contribution in [0.2, 0.25) is 0 Å². The van der Waals surface area contributed by atoms with Crippen LogP contribution in [-0.4, -0.2) is 9.97 Å². The lowest BCUT2D eigenvalue weighted by Gasteiger charge is -2.06. The smallest absolute Gasteiger partial charge is 0.0888 e. The van der Waals surface area contributed by atoms with Gasteiger partial charge in [0.15, 0.2) is 0 Å². The van der Waals surface area contributed by atoms with Gasteiger partial charge >= 0.3 is 0 Å². The van der Waals surface area contributed by atoms with Crippen molar-refractivity contribution in [2.24, 2.45) is 0 Å². The first kappa shape index (κ1) is 10.8. The van der Waals surface area contributed by atoms with Crippen molar-refractivity contribution in [2.75, 3.05) is 0 Å². The average molecular weight is 212 g/mol. The lowest BCUT2D eigenvalue weighted by atomic mass is 10.1. The minimum Gasteiger partial charge on any atom is -0.257 e. The maximum Gasteiger partial charge on any atom is 0.0888 e. The second-order valence-electron chi connectivity index (χ2n) is 3.72. The van der Waals surface area contributed by atoms with Crippen LogP contribution in [0, 0.1) is 0 Å². The molecule has 0 spiro atoms. The number of benzene rings is 1. The van der Waals surface area contributed by atoms with Crippen LogP contribution in [0.5, 0.6) is 0 Å². The lowest BCUT2D eigenvalue weighted by molar-refractivity contribution is 0.907. The Hall–Kier alpha value is -1.70. The molecule has 0 aliphatic rings. The van der Waals surface area contributed by atoms with Crippen LogP contribution in [0.25, 0.3) is 11.3 Å². The summed E-state index contributed by atoms with van der Waals surface area (Å²) in [7, 11) is 0. The molecule has 0 atom stereocenters. The predicted molar refractivity (Wildman–Crippen MR) is 66.2 cm³/mol. The molecule has 16 heavy (non-hydrogen) atoms. The summed E-state index contributed by atoms with van der Waals surface area (Å²) >= 11 is 0. The Kier molecular flexibility index (Phi) is 3.30. The zero-order valence-electron chi connectivity index (χ0n) is 9.77. The number of aryl methyl sites for hydroxylation is 2. The fourth-order valence-corrected chi connectivity index (χ4v) is 1.78. The number of rotatable bonds is 3. The molecule has 0 N–H and O–H groups in total. The van der Waals surface area contributed by atoms with Crippen LogP contribution in [0.15, 0.2) is 36.5 Å². The average Bonchev–Trinajstić information content (AvgIpc) is 2.39. The number of hydrogen-bond donors (Lipinski definition) is 0. The molecule has 1 heterocycles. The number of nitrogens with zero attached hydrogens (tertiary/aromatic N) is 2. The fraction of sp³-hybridized carbons (Fsp3) is 0.286. The van der Waals surface area contributed by atoms with Crippen molar-refractivity contribution < 1.29 is 0 Å². The van der Waals surface area contributed by atoms with Crippen molar-refractivity contribution in [1.29, 1.82) is 0 Å². The van der Waals surface area contributed by atoms with Crippen molar-refractivity contribution in [1.82, 2.24) is 9.97 Å². The summed E-state index contributed by atoms with van der Waals surface area (Å²) in [5.74, 6) is 0. The third-order valence-corrected chi connectivity index (χ3v) is 2.67. The van der Waals surface area contributed by atoms with Gasteiger partial charge in [-0.3, -0.25) is 4.98 Å². The van der Waals surface area contributed by atoms with E-state index in [1.165, 1.54) is 0 Å². The monoisotopic (exact) mass is 212 g/mol. The molecule has 82 valence electrons. The SMILES string of the molecule is CCc1ncc(-c2ccccc2)nc1CC. The first-order valence-corrected chi connectivity index (χ1v) is 5.75. The molecule has 0 radical (unpaired) electrons. The van der Waals surface area contributed by atoms with Crippen molar-refractivity contribution in [3.8, 4) is 11.3 Å². The molecule has 0 fully saturated rings. The summed E-state index contributed by atoms with van der Waals surface area (Å²) in [5, 5.41) is 0. The van der Waals surface area contributed by atoms with Crippen LogP contribution < -0.4 is 0 Å². The van der Waals surface area contributed by atoms with Gasteiger partial charge < -0.3 is 0 Å². The molecule has 2 heteroatoms. The second kappa shape index (κ2) is 4.88. The minimum atomic E-state index is 0.941. The van der Waals surface area contributed by atoms with Gasteiger partial charge in [0.25, 0.3) is 0 Å². The molecular weight excluding hydrogens is 196 g/mol. The predicted octanol–water partition coefficient (Wildman–Crippen LogP) is 3.27. The molecule has 0 amide bonds. The van der Waals surface area contributed by atoms with Crippen molar-refractivity contribution >= 4 is 0 Å². The molecule has 0 saturated carbocycles. The molecule has 0 unspecified atom stereocenters. The minimum absolute atomic E-state index is 0.941. The molecule has 0 aliphatic heterocycles. The molecule has 0 saturated heterocycles. The third kappa shape index (κ3) is 2.11. The molecule has 2 aromatic rings. The van der Waals surface area contributed by atoms with Gasteiger partial charge in [0.1, 0.15) is 0 Å². The van der Waals surface area contributed by atoms with E-state index in [9.17, 15) is 0 Å². The quantitative estimate of drug-likeness (QED) is 0.780. The van der Waals surface area contributed by atoms with Gasteiger partial charge in [-0.15, -0.1) is 0 Å². The van der Waals surface area contributed by atoms with E-state index in [0.717, 1.165) is 35.5 Å². The molecule has 1 aromatic heterocycles. The largest absolute Gasteiger partial charge is 0.257 e. The first-order chi connectivity index (χ1) is 7.85. The molecule has 1 aromatic carbocycles. The summed E-state index contributed by atoms with van der Waals surface area (Å²) in [6.07, 6.45) is 3.76. The molecule has 0 bridgehead atoms. The lowest BCUT2D eigenvalue weighted by Crippen LogP contribution is -2.00. The Morgan fingerprint density at radius 2 is 1.62 bits per heavy atom. The topological polar surface area (TPSA) is 25.8 Å². The molecule has 0 aliphatic carbocycles. The second-order valence-corrected chi connectivity index (χ2v) is 3.72. The van der Waals surface area contributed by atoms with Crippen LogP contribution in [0.4, 0.5) is 0 Å². The van der Waals surface area contributed by atoms with Crippen molar-refractivity contribution in [3.63, 3.8) is 0 Å². The standard InChI is InChI=1S/C14H16N2/c1-3-12-13(4-2)16-14(10-15-12)11-8-6-5-7-9-11/h5-10H,3-4H2,1-2H3. The zero-order chi connectivity index (χ0) is 11.4. The van der Waals surface area contributed by atoms with Gasteiger partial charge in [-0.25, -0.2) is 4.98 Å². The highest BCUT2D eigenvalue weighted by atomic mass is 14.8. The fourth-order valence-electron chi connectivity index (χ4n) is 1.78. The maximum absolute atomic E-state index is 4.67. The Bertz CT molecular complexity index is 463. The van der Waals surface area contributed by atoms with Gasteiger partial charge in [0.05, 0.1) is 23.3 Å². The highest BCUT2D eigenvalue weighted by Gasteiger charge is 2.05. The van der Waals surface area contributed by atoms with Gasteiger partial charge in [0, 0.05) is 5.56 Å². The summed E-state index contributed by atoms with van der Waals surface area (Å²) < 4.78 is 0. The van der Waals surface area contributed by atoms with E-state index in [-0.39, 0.29) is 0 Å². The van der Waals surface area contributed by atoms with E-state index in [1.807, 2.05) is 24.4 Å².